The molecule has 4 rings (SSSR count). The van der Waals surface area contributed by atoms with Crippen molar-refractivity contribution in [2.45, 2.75) is 15.0 Å². The smallest absolute Gasteiger partial charge is 0.295 e. The summed E-state index contributed by atoms with van der Waals surface area (Å²) in [7, 11) is -8.33. The second kappa shape index (κ2) is 7.18. The third-order valence-electron chi connectivity index (χ3n) is 4.04. The predicted octanol–water partition coefficient (Wildman–Crippen LogP) is 4.11. The van der Waals surface area contributed by atoms with E-state index in [-0.39, 0.29) is 20.7 Å². The molecule has 0 amide bonds. The SMILES string of the molecule is O=S(=O)(Nc1cc(Cl)cnc1S(=O)(=O)c1ccccc1)c1cc2ccccc2o1. The summed E-state index contributed by atoms with van der Waals surface area (Å²) in [5, 5.41) is -0.164. The lowest BCUT2D eigenvalue weighted by atomic mass is 10.3. The number of para-hydroxylation sites is 1. The van der Waals surface area contributed by atoms with Gasteiger partial charge in [0.05, 0.1) is 15.6 Å². The molecule has 10 heteroatoms. The molecule has 0 spiro atoms. The lowest BCUT2D eigenvalue weighted by Gasteiger charge is -2.11. The number of benzene rings is 2. The Morgan fingerprint density at radius 1 is 0.897 bits per heavy atom. The first-order valence-electron chi connectivity index (χ1n) is 8.24. The normalized spacial score (nSPS) is 12.2. The summed E-state index contributed by atoms with van der Waals surface area (Å²) in [6, 6.07) is 16.9. The molecule has 1 N–H and O–H groups in total. The minimum absolute atomic E-state index is 0.0287. The number of aromatic nitrogens is 1. The second-order valence-electron chi connectivity index (χ2n) is 6.03. The van der Waals surface area contributed by atoms with E-state index in [4.69, 9.17) is 16.0 Å². The van der Waals surface area contributed by atoms with Gasteiger partial charge in [-0.1, -0.05) is 48.0 Å². The lowest BCUT2D eigenvalue weighted by molar-refractivity contribution is 0.484. The van der Waals surface area contributed by atoms with Crippen LogP contribution in [-0.4, -0.2) is 21.8 Å². The largest absolute Gasteiger partial charge is 0.443 e. The molecule has 0 aliphatic rings. The summed E-state index contributed by atoms with van der Waals surface area (Å²) in [5.41, 5.74) is 0.107. The predicted molar refractivity (Wildman–Crippen MR) is 108 cm³/mol. The van der Waals surface area contributed by atoms with Crippen molar-refractivity contribution >= 4 is 48.1 Å². The highest BCUT2D eigenvalue weighted by atomic mass is 35.5. The van der Waals surface area contributed by atoms with Crippen molar-refractivity contribution in [2.24, 2.45) is 0 Å². The third-order valence-corrected chi connectivity index (χ3v) is 7.19. The molecule has 29 heavy (non-hydrogen) atoms. The van der Waals surface area contributed by atoms with Gasteiger partial charge >= 0.3 is 0 Å². The molecule has 0 radical (unpaired) electrons. The zero-order valence-corrected chi connectivity index (χ0v) is 17.0. The topological polar surface area (TPSA) is 106 Å². The number of nitrogens with one attached hydrogen (secondary N) is 1. The van der Waals surface area contributed by atoms with Crippen LogP contribution in [0.2, 0.25) is 5.02 Å². The number of sulfone groups is 1. The van der Waals surface area contributed by atoms with Gasteiger partial charge in [-0.25, -0.2) is 13.4 Å². The van der Waals surface area contributed by atoms with Crippen molar-refractivity contribution in [1.82, 2.24) is 4.98 Å². The number of sulfonamides is 1. The standard InChI is InChI=1S/C19H13ClN2O5S2/c20-14-11-16(19(21-12-14)28(23,24)15-7-2-1-3-8-15)22-29(25,26)18-10-13-6-4-5-9-17(13)27-18/h1-12,22H. The fourth-order valence-corrected chi connectivity index (χ4v) is 5.29. The quantitative estimate of drug-likeness (QED) is 0.492. The Labute approximate surface area is 171 Å². The van der Waals surface area contributed by atoms with E-state index in [1.54, 1.807) is 42.5 Å². The zero-order chi connectivity index (χ0) is 20.6. The van der Waals surface area contributed by atoms with Crippen LogP contribution in [0, 0.1) is 0 Å². The minimum atomic E-state index is -4.24. The maximum atomic E-state index is 13.0. The van der Waals surface area contributed by atoms with E-state index < -0.39 is 24.9 Å². The van der Waals surface area contributed by atoms with Gasteiger partial charge in [-0.3, -0.25) is 4.72 Å². The molecule has 0 unspecified atom stereocenters. The number of halogens is 1. The van der Waals surface area contributed by atoms with Gasteiger partial charge in [0.25, 0.3) is 10.0 Å². The van der Waals surface area contributed by atoms with Gasteiger partial charge < -0.3 is 4.42 Å². The Kier molecular flexibility index (Phi) is 4.81. The van der Waals surface area contributed by atoms with Crippen molar-refractivity contribution in [3.8, 4) is 0 Å². The first-order chi connectivity index (χ1) is 13.8. The van der Waals surface area contributed by atoms with E-state index >= 15 is 0 Å². The Hall–Kier alpha value is -2.88. The number of pyridine rings is 1. The molecule has 148 valence electrons. The maximum Gasteiger partial charge on any atom is 0.295 e. The number of rotatable bonds is 5. The molecule has 2 aromatic heterocycles. The van der Waals surface area contributed by atoms with Crippen molar-refractivity contribution in [3.63, 3.8) is 0 Å². The number of hydrogen-bond donors (Lipinski definition) is 1. The molecular weight excluding hydrogens is 436 g/mol. The molecule has 0 aliphatic carbocycles. The highest BCUT2D eigenvalue weighted by Gasteiger charge is 2.27. The molecule has 0 saturated heterocycles. The summed E-state index contributed by atoms with van der Waals surface area (Å²) < 4.78 is 59.2. The van der Waals surface area contributed by atoms with Gasteiger partial charge in [0, 0.05) is 17.6 Å². The molecule has 7 nitrogen and oxygen atoms in total. The highest BCUT2D eigenvalue weighted by molar-refractivity contribution is 7.93. The van der Waals surface area contributed by atoms with Crippen LogP contribution >= 0.6 is 11.6 Å². The molecule has 2 heterocycles. The average Bonchev–Trinajstić information content (AvgIpc) is 3.13. The summed E-state index contributed by atoms with van der Waals surface area (Å²) >= 11 is 5.94. The van der Waals surface area contributed by atoms with Crippen molar-refractivity contribution in [1.29, 1.82) is 0 Å². The minimum Gasteiger partial charge on any atom is -0.443 e. The van der Waals surface area contributed by atoms with Gasteiger partial charge in [-0.2, -0.15) is 8.42 Å². The number of anilines is 1. The summed E-state index contributed by atoms with van der Waals surface area (Å²) in [4.78, 5) is 3.84. The Bertz CT molecular complexity index is 1380. The Morgan fingerprint density at radius 3 is 2.31 bits per heavy atom. The van der Waals surface area contributed by atoms with Crippen LogP contribution < -0.4 is 4.72 Å². The first-order valence-corrected chi connectivity index (χ1v) is 11.6. The van der Waals surface area contributed by atoms with E-state index in [0.717, 1.165) is 6.20 Å². The summed E-state index contributed by atoms with van der Waals surface area (Å²) in [6.45, 7) is 0. The number of hydrogen-bond acceptors (Lipinski definition) is 6. The van der Waals surface area contributed by atoms with Gasteiger partial charge in [0.15, 0.2) is 5.03 Å². The monoisotopic (exact) mass is 448 g/mol. The van der Waals surface area contributed by atoms with Crippen LogP contribution in [0.25, 0.3) is 11.0 Å². The highest BCUT2D eigenvalue weighted by Crippen LogP contribution is 2.31. The average molecular weight is 449 g/mol. The van der Waals surface area contributed by atoms with E-state index in [2.05, 4.69) is 9.71 Å². The van der Waals surface area contributed by atoms with Crippen LogP contribution in [0.1, 0.15) is 0 Å². The van der Waals surface area contributed by atoms with Crippen LogP contribution in [0.3, 0.4) is 0 Å². The van der Waals surface area contributed by atoms with Gasteiger partial charge in [-0.15, -0.1) is 0 Å². The van der Waals surface area contributed by atoms with Crippen LogP contribution in [-0.2, 0) is 19.9 Å². The van der Waals surface area contributed by atoms with Crippen LogP contribution in [0.5, 0.6) is 0 Å². The molecule has 4 aromatic rings. The van der Waals surface area contributed by atoms with Gasteiger partial charge in [-0.05, 0) is 24.3 Å². The molecule has 0 fully saturated rings. The maximum absolute atomic E-state index is 13.0. The molecular formula is C19H13ClN2O5S2. The summed E-state index contributed by atoms with van der Waals surface area (Å²) in [6.07, 6.45) is 1.14. The zero-order valence-electron chi connectivity index (χ0n) is 14.6. The van der Waals surface area contributed by atoms with Crippen LogP contribution in [0.15, 0.2) is 92.4 Å². The fraction of sp³-hybridized carbons (Fsp3) is 0. The molecule has 0 bridgehead atoms. The summed E-state index contributed by atoms with van der Waals surface area (Å²) in [5.74, 6) is 0. The molecule has 0 saturated carbocycles. The van der Waals surface area contributed by atoms with Crippen molar-refractivity contribution in [3.05, 3.63) is 77.9 Å². The van der Waals surface area contributed by atoms with E-state index in [0.29, 0.717) is 11.0 Å². The van der Waals surface area contributed by atoms with Gasteiger partial charge in [0.1, 0.15) is 5.58 Å². The molecule has 0 atom stereocenters. The Balaban J connectivity index is 1.80. The van der Waals surface area contributed by atoms with Crippen molar-refractivity contribution < 1.29 is 21.3 Å². The second-order valence-corrected chi connectivity index (χ2v) is 9.95. The molecule has 0 aliphatic heterocycles. The number of fused-ring (bicyclic) bond motifs is 1. The lowest BCUT2D eigenvalue weighted by Crippen LogP contribution is -2.16. The van der Waals surface area contributed by atoms with E-state index in [9.17, 15) is 16.8 Å². The number of furan rings is 1. The Morgan fingerprint density at radius 2 is 1.59 bits per heavy atom. The van der Waals surface area contributed by atoms with Gasteiger partial charge in [0.2, 0.25) is 14.9 Å². The number of nitrogens with zero attached hydrogens (tertiary/aromatic N) is 1. The van der Waals surface area contributed by atoms with E-state index in [1.807, 2.05) is 0 Å². The third kappa shape index (κ3) is 3.71. The van der Waals surface area contributed by atoms with Crippen LogP contribution in [0.4, 0.5) is 5.69 Å². The first kappa shape index (κ1) is 19.4. The fourth-order valence-electron chi connectivity index (χ4n) is 2.71. The molecule has 2 aromatic carbocycles. The van der Waals surface area contributed by atoms with Crippen molar-refractivity contribution in [2.75, 3.05) is 4.72 Å². The van der Waals surface area contributed by atoms with E-state index in [1.165, 1.54) is 24.3 Å².